The molecule has 0 bridgehead atoms. The van der Waals surface area contributed by atoms with Gasteiger partial charge in [-0.15, -0.1) is 0 Å². The number of hydrogen-bond donors (Lipinski definition) is 0. The standard InChI is InChI=1S/C20H16Cl2N2O5S/c1-27-18(25)4-5-24-14-9-15-16(29-7-6-28-15)10-17(14)30-20(24)23-19(26)12-8-11(21)2-3-13(12)22/h2-3,8-10H,4-7H2,1H3. The topological polar surface area (TPSA) is 79.1 Å². The quantitative estimate of drug-likeness (QED) is 0.541. The number of aromatic nitrogens is 1. The van der Waals surface area contributed by atoms with Gasteiger partial charge in [-0.2, -0.15) is 4.99 Å². The third-order valence-electron chi connectivity index (χ3n) is 4.47. The lowest BCUT2D eigenvalue weighted by Crippen LogP contribution is -2.19. The molecule has 156 valence electrons. The molecule has 2 heterocycles. The van der Waals surface area contributed by atoms with Crippen LogP contribution in [0.4, 0.5) is 0 Å². The molecule has 3 aromatic rings. The Kier molecular flexibility index (Phi) is 5.99. The molecule has 0 unspecified atom stereocenters. The Morgan fingerprint density at radius 2 is 1.90 bits per heavy atom. The van der Waals surface area contributed by atoms with Crippen LogP contribution in [-0.2, 0) is 16.1 Å². The molecule has 0 saturated heterocycles. The summed E-state index contributed by atoms with van der Waals surface area (Å²) >= 11 is 13.4. The summed E-state index contributed by atoms with van der Waals surface area (Å²) in [5.74, 6) is 0.340. The molecule has 7 nitrogen and oxygen atoms in total. The summed E-state index contributed by atoms with van der Waals surface area (Å²) in [5, 5.41) is 0.641. The van der Waals surface area contributed by atoms with Crippen LogP contribution in [0.15, 0.2) is 35.3 Å². The first kappa shape index (κ1) is 20.7. The van der Waals surface area contributed by atoms with Crippen molar-refractivity contribution in [3.8, 4) is 11.5 Å². The van der Waals surface area contributed by atoms with Crippen LogP contribution in [-0.4, -0.2) is 36.8 Å². The fourth-order valence-corrected chi connectivity index (χ4v) is 4.46. The maximum atomic E-state index is 12.8. The number of rotatable bonds is 4. The van der Waals surface area contributed by atoms with Crippen LogP contribution in [0.2, 0.25) is 10.0 Å². The van der Waals surface area contributed by atoms with E-state index < -0.39 is 5.91 Å². The number of amides is 1. The monoisotopic (exact) mass is 466 g/mol. The second kappa shape index (κ2) is 8.67. The number of fused-ring (bicyclic) bond motifs is 2. The van der Waals surface area contributed by atoms with Crippen LogP contribution in [0.1, 0.15) is 16.8 Å². The fraction of sp³-hybridized carbons (Fsp3) is 0.250. The lowest BCUT2D eigenvalue weighted by atomic mass is 10.2. The number of esters is 1. The molecule has 1 amide bonds. The lowest BCUT2D eigenvalue weighted by Gasteiger charge is -2.18. The number of benzene rings is 2. The molecular formula is C20H16Cl2N2O5S. The van der Waals surface area contributed by atoms with E-state index in [1.54, 1.807) is 16.7 Å². The number of halogens is 2. The smallest absolute Gasteiger partial charge is 0.307 e. The maximum absolute atomic E-state index is 12.8. The molecule has 30 heavy (non-hydrogen) atoms. The van der Waals surface area contributed by atoms with Crippen molar-refractivity contribution in [2.24, 2.45) is 4.99 Å². The largest absolute Gasteiger partial charge is 0.486 e. The van der Waals surface area contributed by atoms with Gasteiger partial charge in [0.05, 0.1) is 34.3 Å². The summed E-state index contributed by atoms with van der Waals surface area (Å²) in [6, 6.07) is 8.29. The first-order valence-electron chi connectivity index (χ1n) is 9.00. The molecule has 0 radical (unpaired) electrons. The van der Waals surface area contributed by atoms with Crippen molar-refractivity contribution in [1.82, 2.24) is 4.57 Å². The van der Waals surface area contributed by atoms with Crippen molar-refractivity contribution in [3.63, 3.8) is 0 Å². The number of methoxy groups -OCH3 is 1. The SMILES string of the molecule is COC(=O)CCn1c(=NC(=O)c2cc(Cl)ccc2Cl)sc2cc3c(cc21)OCCO3. The predicted molar refractivity (Wildman–Crippen MR) is 114 cm³/mol. The van der Waals surface area contributed by atoms with Crippen molar-refractivity contribution in [3.05, 3.63) is 50.7 Å². The van der Waals surface area contributed by atoms with E-state index in [2.05, 4.69) is 4.99 Å². The van der Waals surface area contributed by atoms with E-state index in [1.807, 2.05) is 12.1 Å². The Morgan fingerprint density at radius 3 is 2.63 bits per heavy atom. The van der Waals surface area contributed by atoms with Gasteiger partial charge in [-0.25, -0.2) is 0 Å². The number of ether oxygens (including phenoxy) is 3. The van der Waals surface area contributed by atoms with Gasteiger partial charge < -0.3 is 18.8 Å². The van der Waals surface area contributed by atoms with Crippen LogP contribution in [0.25, 0.3) is 10.2 Å². The Bertz CT molecular complexity index is 1220. The van der Waals surface area contributed by atoms with Gasteiger partial charge in [-0.1, -0.05) is 34.5 Å². The highest BCUT2D eigenvalue weighted by Gasteiger charge is 2.18. The molecule has 0 fully saturated rings. The number of hydrogen-bond acceptors (Lipinski definition) is 6. The molecule has 1 aliphatic rings. The molecule has 1 aromatic heterocycles. The maximum Gasteiger partial charge on any atom is 0.307 e. The van der Waals surface area contributed by atoms with Crippen LogP contribution in [0.5, 0.6) is 11.5 Å². The zero-order valence-corrected chi connectivity index (χ0v) is 18.1. The van der Waals surface area contributed by atoms with Crippen molar-refractivity contribution in [2.75, 3.05) is 20.3 Å². The van der Waals surface area contributed by atoms with Crippen LogP contribution < -0.4 is 14.3 Å². The lowest BCUT2D eigenvalue weighted by molar-refractivity contribution is -0.140. The summed E-state index contributed by atoms with van der Waals surface area (Å²) in [7, 11) is 1.33. The average Bonchev–Trinajstić information content (AvgIpc) is 3.07. The van der Waals surface area contributed by atoms with E-state index >= 15 is 0 Å². The minimum atomic E-state index is -0.530. The van der Waals surface area contributed by atoms with Crippen molar-refractivity contribution >= 4 is 56.6 Å². The molecular weight excluding hydrogens is 451 g/mol. The zero-order chi connectivity index (χ0) is 21.3. The van der Waals surface area contributed by atoms with Gasteiger partial charge in [0.2, 0.25) is 0 Å². The summed E-state index contributed by atoms with van der Waals surface area (Å²) in [4.78, 5) is 29.2. The van der Waals surface area contributed by atoms with E-state index in [0.29, 0.717) is 34.5 Å². The Labute approximate surface area is 185 Å². The van der Waals surface area contributed by atoms with Crippen LogP contribution in [0.3, 0.4) is 0 Å². The van der Waals surface area contributed by atoms with Gasteiger partial charge in [0.15, 0.2) is 16.3 Å². The molecule has 0 aliphatic carbocycles. The molecule has 4 rings (SSSR count). The molecule has 2 aromatic carbocycles. The van der Waals surface area contributed by atoms with Crippen molar-refractivity contribution in [1.29, 1.82) is 0 Å². The van der Waals surface area contributed by atoms with E-state index in [0.717, 1.165) is 10.2 Å². The van der Waals surface area contributed by atoms with Gasteiger partial charge in [-0.3, -0.25) is 9.59 Å². The van der Waals surface area contributed by atoms with Crippen molar-refractivity contribution < 1.29 is 23.8 Å². The molecule has 1 aliphatic heterocycles. The number of nitrogens with zero attached hydrogens (tertiary/aromatic N) is 2. The van der Waals surface area contributed by atoms with Gasteiger partial charge >= 0.3 is 5.97 Å². The molecule has 0 N–H and O–H groups in total. The second-order valence-electron chi connectivity index (χ2n) is 6.37. The summed E-state index contributed by atoms with van der Waals surface area (Å²) in [6.45, 7) is 1.20. The Hall–Kier alpha value is -2.55. The zero-order valence-electron chi connectivity index (χ0n) is 15.8. The Morgan fingerprint density at radius 1 is 1.17 bits per heavy atom. The number of thiazole rings is 1. The minimum absolute atomic E-state index is 0.121. The highest BCUT2D eigenvalue weighted by Crippen LogP contribution is 2.35. The average molecular weight is 467 g/mol. The van der Waals surface area contributed by atoms with Gasteiger partial charge in [0.1, 0.15) is 13.2 Å². The third-order valence-corrected chi connectivity index (χ3v) is 6.08. The normalized spacial score (nSPS) is 13.5. The summed E-state index contributed by atoms with van der Waals surface area (Å²) < 4.78 is 18.7. The molecule has 0 saturated carbocycles. The highest BCUT2D eigenvalue weighted by molar-refractivity contribution is 7.16. The number of carbonyl (C=O) groups is 2. The van der Waals surface area contributed by atoms with E-state index in [4.69, 9.17) is 37.4 Å². The molecule has 0 spiro atoms. The third kappa shape index (κ3) is 4.16. The van der Waals surface area contributed by atoms with Crippen molar-refractivity contribution in [2.45, 2.75) is 13.0 Å². The van der Waals surface area contributed by atoms with Gasteiger partial charge in [0, 0.05) is 23.7 Å². The van der Waals surface area contributed by atoms with Gasteiger partial charge in [-0.05, 0) is 18.2 Å². The predicted octanol–water partition coefficient (Wildman–Crippen LogP) is 4.09. The molecule has 0 atom stereocenters. The van der Waals surface area contributed by atoms with Crippen LogP contribution >= 0.6 is 34.5 Å². The molecule has 10 heteroatoms. The first-order valence-corrected chi connectivity index (χ1v) is 10.6. The first-order chi connectivity index (χ1) is 14.5. The fourth-order valence-electron chi connectivity index (χ4n) is 3.02. The summed E-state index contributed by atoms with van der Waals surface area (Å²) in [6.07, 6.45) is 0.121. The van der Waals surface area contributed by atoms with E-state index in [9.17, 15) is 9.59 Å². The van der Waals surface area contributed by atoms with E-state index in [1.165, 1.54) is 24.5 Å². The van der Waals surface area contributed by atoms with E-state index in [-0.39, 0.29) is 29.5 Å². The second-order valence-corrected chi connectivity index (χ2v) is 8.22. The Balaban J connectivity index is 1.84. The number of carbonyl (C=O) groups excluding carboxylic acids is 2. The van der Waals surface area contributed by atoms with Gasteiger partial charge in [0.25, 0.3) is 5.91 Å². The minimum Gasteiger partial charge on any atom is -0.486 e. The number of aryl methyl sites for hydroxylation is 1. The highest BCUT2D eigenvalue weighted by atomic mass is 35.5. The van der Waals surface area contributed by atoms with Crippen LogP contribution in [0, 0.1) is 0 Å². The summed E-state index contributed by atoms with van der Waals surface area (Å²) in [5.41, 5.74) is 0.976.